The molecule has 1 N–H and O–H groups in total. The van der Waals surface area contributed by atoms with Crippen LogP contribution in [-0.2, 0) is 11.2 Å². The van der Waals surface area contributed by atoms with Gasteiger partial charge in [0.15, 0.2) is 0 Å². The Morgan fingerprint density at radius 3 is 2.78 bits per heavy atom. The van der Waals surface area contributed by atoms with Crippen molar-refractivity contribution in [2.45, 2.75) is 45.6 Å². The molecule has 1 amide bonds. The molecule has 5 heteroatoms. The van der Waals surface area contributed by atoms with Crippen LogP contribution in [0.25, 0.3) is 0 Å². The number of nitrogens with zero attached hydrogens (tertiary/aromatic N) is 2. The van der Waals surface area contributed by atoms with Gasteiger partial charge in [-0.3, -0.25) is 4.79 Å². The van der Waals surface area contributed by atoms with E-state index in [1.165, 1.54) is 0 Å². The quantitative estimate of drug-likeness (QED) is 0.878. The van der Waals surface area contributed by atoms with Crippen molar-refractivity contribution in [2.75, 3.05) is 13.1 Å². The van der Waals surface area contributed by atoms with Gasteiger partial charge < -0.3 is 14.5 Å². The van der Waals surface area contributed by atoms with Crippen molar-refractivity contribution in [3.05, 3.63) is 17.0 Å². The molecule has 1 aliphatic rings. The van der Waals surface area contributed by atoms with Crippen molar-refractivity contribution in [1.82, 2.24) is 10.1 Å². The van der Waals surface area contributed by atoms with Gasteiger partial charge in [-0.15, -0.1) is 0 Å². The van der Waals surface area contributed by atoms with E-state index in [1.807, 2.05) is 13.8 Å². The minimum absolute atomic E-state index is 0.0905. The molecule has 2 heterocycles. The maximum absolute atomic E-state index is 12.0. The first kappa shape index (κ1) is 13.1. The summed E-state index contributed by atoms with van der Waals surface area (Å²) in [6, 6.07) is 0. The third kappa shape index (κ3) is 2.72. The summed E-state index contributed by atoms with van der Waals surface area (Å²) in [5.41, 5.74) is 1.15. The average molecular weight is 252 g/mol. The van der Waals surface area contributed by atoms with Gasteiger partial charge in [-0.25, -0.2) is 0 Å². The fraction of sp³-hybridized carbons (Fsp3) is 0.692. The van der Waals surface area contributed by atoms with E-state index in [2.05, 4.69) is 5.16 Å². The minimum Gasteiger partial charge on any atom is -0.388 e. The van der Waals surface area contributed by atoms with Crippen LogP contribution < -0.4 is 0 Å². The maximum atomic E-state index is 12.0. The third-order valence-corrected chi connectivity index (χ3v) is 3.57. The van der Waals surface area contributed by atoms with E-state index in [1.54, 1.807) is 11.8 Å². The molecule has 0 saturated carbocycles. The van der Waals surface area contributed by atoms with E-state index in [9.17, 15) is 9.90 Å². The molecule has 2 rings (SSSR count). The standard InChI is InChI=1S/C13H20N2O3/c1-9-11(10(2)18-14-9)4-5-12(16)15-7-6-13(3,17)8-15/h17H,4-8H2,1-3H3. The van der Waals surface area contributed by atoms with Crippen molar-refractivity contribution in [1.29, 1.82) is 0 Å². The molecule has 5 nitrogen and oxygen atoms in total. The number of carbonyl (C=O) groups excluding carboxylic acids is 1. The molecule has 0 bridgehead atoms. The molecule has 1 saturated heterocycles. The summed E-state index contributed by atoms with van der Waals surface area (Å²) in [5.74, 6) is 0.876. The zero-order valence-electron chi connectivity index (χ0n) is 11.2. The molecule has 18 heavy (non-hydrogen) atoms. The average Bonchev–Trinajstić information content (AvgIpc) is 2.80. The van der Waals surface area contributed by atoms with Gasteiger partial charge in [0.1, 0.15) is 5.76 Å². The Hall–Kier alpha value is -1.36. The molecule has 1 aromatic rings. The smallest absolute Gasteiger partial charge is 0.223 e. The summed E-state index contributed by atoms with van der Waals surface area (Å²) in [7, 11) is 0. The first-order valence-corrected chi connectivity index (χ1v) is 6.31. The van der Waals surface area contributed by atoms with Crippen LogP contribution in [0.4, 0.5) is 0 Å². The van der Waals surface area contributed by atoms with Crippen molar-refractivity contribution in [3.8, 4) is 0 Å². The lowest BCUT2D eigenvalue weighted by Crippen LogP contribution is -2.34. The van der Waals surface area contributed by atoms with Crippen molar-refractivity contribution in [3.63, 3.8) is 0 Å². The van der Waals surface area contributed by atoms with Gasteiger partial charge in [-0.1, -0.05) is 5.16 Å². The molecule has 0 spiro atoms. The fourth-order valence-electron chi connectivity index (χ4n) is 2.41. The number of aliphatic hydroxyl groups is 1. The molecule has 1 aromatic heterocycles. The normalized spacial score (nSPS) is 23.7. The first-order valence-electron chi connectivity index (χ1n) is 6.31. The van der Waals surface area contributed by atoms with Crippen LogP contribution in [0.2, 0.25) is 0 Å². The highest BCUT2D eigenvalue weighted by Gasteiger charge is 2.33. The van der Waals surface area contributed by atoms with Crippen LogP contribution in [-0.4, -0.2) is 39.8 Å². The second-order valence-electron chi connectivity index (χ2n) is 5.36. The lowest BCUT2D eigenvalue weighted by Gasteiger charge is -2.18. The number of hydrogen-bond donors (Lipinski definition) is 1. The Bertz CT molecular complexity index is 432. The second kappa shape index (κ2) is 4.72. The number of rotatable bonds is 3. The number of hydrogen-bond acceptors (Lipinski definition) is 4. The molecular weight excluding hydrogens is 232 g/mol. The summed E-state index contributed by atoms with van der Waals surface area (Å²) in [5, 5.41) is 13.7. The molecule has 0 radical (unpaired) electrons. The molecule has 100 valence electrons. The van der Waals surface area contributed by atoms with Crippen LogP contribution >= 0.6 is 0 Å². The Balaban J connectivity index is 1.90. The van der Waals surface area contributed by atoms with Crippen LogP contribution in [0.3, 0.4) is 0 Å². The Labute approximate surface area is 107 Å². The van der Waals surface area contributed by atoms with Gasteiger partial charge in [0.05, 0.1) is 11.3 Å². The molecule has 0 aliphatic carbocycles. The third-order valence-electron chi connectivity index (χ3n) is 3.57. The Kier molecular flexibility index (Phi) is 3.43. The summed E-state index contributed by atoms with van der Waals surface area (Å²) in [6.07, 6.45) is 1.75. The number of aromatic nitrogens is 1. The highest BCUT2D eigenvalue weighted by atomic mass is 16.5. The van der Waals surface area contributed by atoms with Crippen LogP contribution in [0, 0.1) is 13.8 Å². The number of aryl methyl sites for hydroxylation is 2. The van der Waals surface area contributed by atoms with Crippen LogP contribution in [0.5, 0.6) is 0 Å². The number of likely N-dealkylation sites (tertiary alicyclic amines) is 1. The van der Waals surface area contributed by atoms with Crippen molar-refractivity contribution < 1.29 is 14.4 Å². The predicted molar refractivity (Wildman–Crippen MR) is 66.1 cm³/mol. The van der Waals surface area contributed by atoms with E-state index >= 15 is 0 Å². The summed E-state index contributed by atoms with van der Waals surface area (Å²) >= 11 is 0. The first-order chi connectivity index (χ1) is 8.39. The molecular formula is C13H20N2O3. The lowest BCUT2D eigenvalue weighted by atomic mass is 10.1. The van der Waals surface area contributed by atoms with E-state index in [-0.39, 0.29) is 5.91 Å². The maximum Gasteiger partial charge on any atom is 0.223 e. The predicted octanol–water partition coefficient (Wildman–Crippen LogP) is 1.21. The zero-order chi connectivity index (χ0) is 13.3. The van der Waals surface area contributed by atoms with Gasteiger partial charge in [0.25, 0.3) is 0 Å². The Morgan fingerprint density at radius 1 is 1.56 bits per heavy atom. The SMILES string of the molecule is Cc1noc(C)c1CCC(=O)N1CCC(C)(O)C1. The molecule has 1 unspecified atom stereocenters. The number of carbonyl (C=O) groups is 1. The highest BCUT2D eigenvalue weighted by Crippen LogP contribution is 2.22. The monoisotopic (exact) mass is 252 g/mol. The fourth-order valence-corrected chi connectivity index (χ4v) is 2.41. The number of amides is 1. The van der Waals surface area contributed by atoms with Gasteiger partial charge in [-0.2, -0.15) is 0 Å². The van der Waals surface area contributed by atoms with E-state index in [0.717, 1.165) is 17.0 Å². The summed E-state index contributed by atoms with van der Waals surface area (Å²) < 4.78 is 5.07. The summed E-state index contributed by atoms with van der Waals surface area (Å²) in [4.78, 5) is 13.7. The molecule has 0 aromatic carbocycles. The zero-order valence-corrected chi connectivity index (χ0v) is 11.2. The summed E-state index contributed by atoms with van der Waals surface area (Å²) in [6.45, 7) is 6.60. The highest BCUT2D eigenvalue weighted by molar-refractivity contribution is 5.77. The van der Waals surface area contributed by atoms with E-state index < -0.39 is 5.60 Å². The molecule has 1 fully saturated rings. The Morgan fingerprint density at radius 2 is 2.28 bits per heavy atom. The molecule has 1 atom stereocenters. The van der Waals surface area contributed by atoms with E-state index in [4.69, 9.17) is 4.52 Å². The minimum atomic E-state index is -0.724. The van der Waals surface area contributed by atoms with Gasteiger partial charge in [-0.05, 0) is 33.6 Å². The van der Waals surface area contributed by atoms with Crippen molar-refractivity contribution >= 4 is 5.91 Å². The van der Waals surface area contributed by atoms with E-state index in [0.29, 0.717) is 32.4 Å². The van der Waals surface area contributed by atoms with Crippen LogP contribution in [0.15, 0.2) is 4.52 Å². The van der Waals surface area contributed by atoms with Crippen LogP contribution in [0.1, 0.15) is 36.8 Å². The van der Waals surface area contributed by atoms with Gasteiger partial charge >= 0.3 is 0 Å². The van der Waals surface area contributed by atoms with Crippen molar-refractivity contribution in [2.24, 2.45) is 0 Å². The largest absolute Gasteiger partial charge is 0.388 e. The molecule has 1 aliphatic heterocycles. The van der Waals surface area contributed by atoms with Gasteiger partial charge in [0.2, 0.25) is 5.91 Å². The number of β-amino-alcohol motifs (C(OH)–C–C–N with tert-alkyl or cyclic N) is 1. The van der Waals surface area contributed by atoms with Gasteiger partial charge in [0, 0.05) is 25.1 Å². The second-order valence-corrected chi connectivity index (χ2v) is 5.36. The topological polar surface area (TPSA) is 66.6 Å². The lowest BCUT2D eigenvalue weighted by molar-refractivity contribution is -0.131.